The third kappa shape index (κ3) is 35.9. The number of phosphoric acid groups is 3. The van der Waals surface area contributed by atoms with Gasteiger partial charge in [-0.1, -0.05) is 206 Å². The monoisotopic (exact) mass is 1050 g/mol. The van der Waals surface area contributed by atoms with E-state index in [9.17, 15) is 63.1 Å². The summed E-state index contributed by atoms with van der Waals surface area (Å²) in [6.45, 7) is 2.99. The van der Waals surface area contributed by atoms with E-state index in [1.807, 2.05) is 0 Å². The molecular weight excluding hydrogens is 961 g/mol. The fourth-order valence-corrected chi connectivity index (χ4v) is 10.6. The van der Waals surface area contributed by atoms with Crippen LogP contribution in [0.25, 0.3) is 0 Å². The Morgan fingerprint density at radius 3 is 1.06 bits per heavy atom. The van der Waals surface area contributed by atoms with Gasteiger partial charge in [-0.25, -0.2) is 13.7 Å². The lowest BCUT2D eigenvalue weighted by Gasteiger charge is -2.44. The Balaban J connectivity index is 2.66. The summed E-state index contributed by atoms with van der Waals surface area (Å²) in [5.74, 6) is -1.28. The molecule has 410 valence electrons. The van der Waals surface area contributed by atoms with Gasteiger partial charge in [-0.15, -0.1) is 0 Å². The predicted octanol–water partition coefficient (Wildman–Crippen LogP) is 10.3. The minimum atomic E-state index is -5.60. The molecule has 0 aromatic rings. The predicted molar refractivity (Wildman–Crippen MR) is 262 cm³/mol. The third-order valence-electron chi connectivity index (χ3n) is 12.4. The van der Waals surface area contributed by atoms with Crippen molar-refractivity contribution in [2.45, 2.75) is 275 Å². The van der Waals surface area contributed by atoms with Crippen LogP contribution in [-0.2, 0) is 50.9 Å². The molecule has 1 saturated carbocycles. The second kappa shape index (κ2) is 39.6. The first-order valence-corrected chi connectivity index (χ1v) is 30.9. The summed E-state index contributed by atoms with van der Waals surface area (Å²) in [6.07, 6.45) is 21.0. The summed E-state index contributed by atoms with van der Waals surface area (Å²) in [7, 11) is -16.6. The largest absolute Gasteiger partial charge is 0.472 e. The number of ether oxygens (including phenoxy) is 2. The molecule has 1 fully saturated rings. The van der Waals surface area contributed by atoms with E-state index in [-0.39, 0.29) is 12.8 Å². The quantitative estimate of drug-likeness (QED) is 0.0160. The zero-order valence-electron chi connectivity index (χ0n) is 41.9. The SMILES string of the molecule is CCCCCCCCCCCCCCCCCCCC(=O)O[C@@H](COC(=O)CCCCCCCCCCCCCCCCC)COP(=O)(O)O[C@@H]1[C@H](O)[C@H](O)[C@H](OP(=O)(O)O)[C@@H](OP(=O)(O)O)[C@H]1O. The van der Waals surface area contributed by atoms with Crippen LogP contribution in [0.3, 0.4) is 0 Å². The molecule has 1 aliphatic rings. The maximum absolute atomic E-state index is 13.1. The molecule has 69 heavy (non-hydrogen) atoms. The van der Waals surface area contributed by atoms with E-state index >= 15 is 0 Å². The fourth-order valence-electron chi connectivity index (χ4n) is 8.47. The first-order chi connectivity index (χ1) is 32.8. The molecule has 0 bridgehead atoms. The number of phosphoric ester groups is 3. The van der Waals surface area contributed by atoms with Crippen LogP contribution in [-0.4, -0.2) is 108 Å². The van der Waals surface area contributed by atoms with Gasteiger partial charge in [-0.05, 0) is 12.8 Å². The van der Waals surface area contributed by atoms with Crippen LogP contribution in [0, 0.1) is 0 Å². The molecule has 19 nitrogen and oxygen atoms in total. The smallest absolute Gasteiger partial charge is 0.462 e. The number of esters is 2. The van der Waals surface area contributed by atoms with E-state index in [0.717, 1.165) is 51.4 Å². The summed E-state index contributed by atoms with van der Waals surface area (Å²) in [5.41, 5.74) is 0. The summed E-state index contributed by atoms with van der Waals surface area (Å²) >= 11 is 0. The van der Waals surface area contributed by atoms with Crippen LogP contribution < -0.4 is 0 Å². The number of rotatable bonds is 46. The highest BCUT2D eigenvalue weighted by molar-refractivity contribution is 7.47. The van der Waals surface area contributed by atoms with E-state index in [2.05, 4.69) is 22.9 Å². The van der Waals surface area contributed by atoms with Crippen molar-refractivity contribution in [3.8, 4) is 0 Å². The number of hydrogen-bond donors (Lipinski definition) is 8. The number of unbranched alkanes of at least 4 members (excludes halogenated alkanes) is 30. The average Bonchev–Trinajstić information content (AvgIpc) is 3.28. The minimum absolute atomic E-state index is 0.00656. The lowest BCUT2D eigenvalue weighted by Crippen LogP contribution is -2.65. The lowest BCUT2D eigenvalue weighted by molar-refractivity contribution is -0.213. The average molecular weight is 1060 g/mol. The first kappa shape index (κ1) is 66.2. The van der Waals surface area contributed by atoms with Crippen LogP contribution in [0.2, 0.25) is 0 Å². The Labute approximate surface area is 413 Å². The Morgan fingerprint density at radius 2 is 0.710 bits per heavy atom. The molecule has 0 saturated heterocycles. The summed E-state index contributed by atoms with van der Waals surface area (Å²) in [4.78, 5) is 73.4. The summed E-state index contributed by atoms with van der Waals surface area (Å²) < 4.78 is 65.6. The molecule has 0 aromatic carbocycles. The first-order valence-electron chi connectivity index (χ1n) is 26.3. The Kier molecular flexibility index (Phi) is 38.0. The summed E-state index contributed by atoms with van der Waals surface area (Å²) in [6, 6.07) is 0. The molecule has 0 amide bonds. The molecule has 22 heteroatoms. The van der Waals surface area contributed by atoms with Crippen LogP contribution in [0.1, 0.15) is 232 Å². The van der Waals surface area contributed by atoms with Crippen molar-refractivity contribution < 1.29 is 90.6 Å². The molecule has 0 heterocycles. The lowest BCUT2D eigenvalue weighted by atomic mass is 9.85. The highest BCUT2D eigenvalue weighted by Crippen LogP contribution is 2.51. The Morgan fingerprint density at radius 1 is 0.406 bits per heavy atom. The van der Waals surface area contributed by atoms with Gasteiger partial charge in [0.15, 0.2) is 6.10 Å². The number of carbonyl (C=O) groups is 2. The van der Waals surface area contributed by atoms with E-state index in [4.69, 9.17) is 18.5 Å². The van der Waals surface area contributed by atoms with Gasteiger partial charge in [0, 0.05) is 12.8 Å². The van der Waals surface area contributed by atoms with Crippen molar-refractivity contribution >= 4 is 35.4 Å². The van der Waals surface area contributed by atoms with E-state index in [1.54, 1.807) is 0 Å². The van der Waals surface area contributed by atoms with Crippen molar-refractivity contribution in [2.75, 3.05) is 13.2 Å². The van der Waals surface area contributed by atoms with E-state index in [1.165, 1.54) is 141 Å². The number of carbonyl (C=O) groups excluding carboxylic acids is 2. The van der Waals surface area contributed by atoms with E-state index in [0.29, 0.717) is 12.8 Å². The second-order valence-corrected chi connectivity index (χ2v) is 22.6. The number of hydrogen-bond acceptors (Lipinski definition) is 14. The van der Waals surface area contributed by atoms with Gasteiger partial charge in [0.1, 0.15) is 43.2 Å². The van der Waals surface area contributed by atoms with Gasteiger partial charge in [0.05, 0.1) is 6.61 Å². The summed E-state index contributed by atoms with van der Waals surface area (Å²) in [5, 5.41) is 31.9. The molecule has 0 radical (unpaired) electrons. The molecule has 0 spiro atoms. The van der Waals surface area contributed by atoms with E-state index < -0.39 is 91.3 Å². The van der Waals surface area contributed by atoms with Gasteiger partial charge in [0.2, 0.25) is 0 Å². The van der Waals surface area contributed by atoms with Crippen molar-refractivity contribution in [2.24, 2.45) is 0 Å². The standard InChI is InChI=1S/C47H93O19P3/c1-3-5-7-9-11-13-15-17-19-20-22-24-26-28-30-32-34-36-41(49)63-39(37-61-40(48)35-33-31-29-27-25-23-21-18-16-14-12-10-8-6-4-2)38-62-69(59,60)66-45-42(50)43(51)46(64-67(53,54)55)47(44(45)52)65-68(56,57)58/h39,42-47,50-52H,3-38H2,1-2H3,(H,59,60)(H2,53,54,55)(H2,56,57,58)/t39-,42+,43-,44-,45+,46-,47-/m0/s1. The van der Waals surface area contributed by atoms with Crippen LogP contribution in [0.4, 0.5) is 0 Å². The molecule has 1 rings (SSSR count). The zero-order chi connectivity index (χ0) is 51.4. The Hall–Kier alpha value is -0.850. The van der Waals surface area contributed by atoms with Crippen molar-refractivity contribution in [1.82, 2.24) is 0 Å². The van der Waals surface area contributed by atoms with Crippen LogP contribution in [0.5, 0.6) is 0 Å². The van der Waals surface area contributed by atoms with Crippen LogP contribution >= 0.6 is 23.5 Å². The van der Waals surface area contributed by atoms with Gasteiger partial charge in [-0.3, -0.25) is 27.7 Å². The second-order valence-electron chi connectivity index (χ2n) is 18.8. The van der Waals surface area contributed by atoms with Gasteiger partial charge in [-0.2, -0.15) is 0 Å². The van der Waals surface area contributed by atoms with Crippen molar-refractivity contribution in [1.29, 1.82) is 0 Å². The Bertz CT molecular complexity index is 1450. The highest BCUT2D eigenvalue weighted by Gasteiger charge is 2.56. The molecule has 1 unspecified atom stereocenters. The number of aliphatic hydroxyl groups is 3. The zero-order valence-corrected chi connectivity index (χ0v) is 44.6. The topological polar surface area (TPSA) is 303 Å². The van der Waals surface area contributed by atoms with Crippen molar-refractivity contribution in [3.63, 3.8) is 0 Å². The normalized spacial score (nSPS) is 21.2. The maximum atomic E-state index is 13.1. The molecular formula is C47H93O19P3. The molecule has 8 atom stereocenters. The molecule has 0 aliphatic heterocycles. The van der Waals surface area contributed by atoms with Gasteiger partial charge in [0.25, 0.3) is 0 Å². The number of aliphatic hydroxyl groups excluding tert-OH is 3. The molecule has 1 aliphatic carbocycles. The molecule has 0 aromatic heterocycles. The van der Waals surface area contributed by atoms with Gasteiger partial charge >= 0.3 is 35.4 Å². The van der Waals surface area contributed by atoms with Crippen LogP contribution in [0.15, 0.2) is 0 Å². The molecule has 8 N–H and O–H groups in total. The highest BCUT2D eigenvalue weighted by atomic mass is 31.2. The maximum Gasteiger partial charge on any atom is 0.472 e. The third-order valence-corrected chi connectivity index (χ3v) is 14.4. The van der Waals surface area contributed by atoms with Crippen molar-refractivity contribution in [3.05, 3.63) is 0 Å². The van der Waals surface area contributed by atoms with Gasteiger partial charge < -0.3 is 49.3 Å². The fraction of sp³-hybridized carbons (Fsp3) is 0.957. The minimum Gasteiger partial charge on any atom is -0.462 e.